The summed E-state index contributed by atoms with van der Waals surface area (Å²) in [6, 6.07) is 2.07. The molecule has 0 aliphatic heterocycles. The minimum atomic E-state index is -0.351. The molecule has 0 bridgehead atoms. The summed E-state index contributed by atoms with van der Waals surface area (Å²) in [5.41, 5.74) is 0.966. The van der Waals surface area contributed by atoms with Crippen molar-refractivity contribution in [3.05, 3.63) is 22.4 Å². The molecule has 0 saturated heterocycles. The summed E-state index contributed by atoms with van der Waals surface area (Å²) in [4.78, 5) is 0. The Bertz CT molecular complexity index is 272. The minimum Gasteiger partial charge on any atom is -0.390 e. The molecular weight excluding hydrogens is 196 g/mol. The molecule has 1 heterocycles. The van der Waals surface area contributed by atoms with Crippen LogP contribution in [0.5, 0.6) is 0 Å². The summed E-state index contributed by atoms with van der Waals surface area (Å²) in [6.07, 6.45) is 3.53. The third kappa shape index (κ3) is 1.72. The van der Waals surface area contributed by atoms with Crippen molar-refractivity contribution < 1.29 is 9.84 Å². The Hall–Kier alpha value is -0.380. The lowest BCUT2D eigenvalue weighted by Gasteiger charge is -2.44. The predicted octanol–water partition coefficient (Wildman–Crippen LogP) is 2.22. The molecule has 3 heteroatoms. The molecule has 1 aliphatic carbocycles. The molecule has 0 aromatic carbocycles. The molecular formula is C11H16O2S. The topological polar surface area (TPSA) is 29.5 Å². The molecule has 0 spiro atoms. The summed E-state index contributed by atoms with van der Waals surface area (Å²) in [7, 11) is 1.70. The second-order valence-electron chi connectivity index (χ2n) is 3.97. The van der Waals surface area contributed by atoms with Gasteiger partial charge in [-0.05, 0) is 41.7 Å². The first-order valence-electron chi connectivity index (χ1n) is 5.01. The Balaban J connectivity index is 1.98. The lowest BCUT2D eigenvalue weighted by Crippen LogP contribution is -2.50. The van der Waals surface area contributed by atoms with Gasteiger partial charge < -0.3 is 9.84 Å². The Morgan fingerprint density at radius 3 is 2.86 bits per heavy atom. The highest BCUT2D eigenvalue weighted by Gasteiger charge is 2.43. The van der Waals surface area contributed by atoms with E-state index in [1.165, 1.54) is 12.0 Å². The van der Waals surface area contributed by atoms with Crippen LogP contribution in [-0.2, 0) is 11.2 Å². The van der Waals surface area contributed by atoms with E-state index in [1.54, 1.807) is 18.4 Å². The van der Waals surface area contributed by atoms with Crippen molar-refractivity contribution in [2.24, 2.45) is 0 Å². The van der Waals surface area contributed by atoms with Crippen molar-refractivity contribution >= 4 is 11.3 Å². The van der Waals surface area contributed by atoms with Gasteiger partial charge in [0, 0.05) is 13.5 Å². The molecule has 2 rings (SSSR count). The molecule has 1 aromatic heterocycles. The Morgan fingerprint density at radius 2 is 2.43 bits per heavy atom. The van der Waals surface area contributed by atoms with Crippen LogP contribution in [0.4, 0.5) is 0 Å². The van der Waals surface area contributed by atoms with Crippen molar-refractivity contribution in [1.29, 1.82) is 0 Å². The van der Waals surface area contributed by atoms with Crippen LogP contribution < -0.4 is 0 Å². The number of hydrogen-bond acceptors (Lipinski definition) is 3. The first kappa shape index (κ1) is 10.1. The van der Waals surface area contributed by atoms with E-state index in [-0.39, 0.29) is 11.7 Å². The number of rotatable bonds is 4. The van der Waals surface area contributed by atoms with Gasteiger partial charge in [0.1, 0.15) is 0 Å². The van der Waals surface area contributed by atoms with E-state index in [0.29, 0.717) is 0 Å². The highest BCUT2D eigenvalue weighted by atomic mass is 32.1. The highest BCUT2D eigenvalue weighted by molar-refractivity contribution is 7.07. The fourth-order valence-corrected chi connectivity index (χ4v) is 2.70. The third-order valence-electron chi connectivity index (χ3n) is 3.22. The van der Waals surface area contributed by atoms with E-state index in [0.717, 1.165) is 19.3 Å². The smallest absolute Gasteiger partial charge is 0.0939 e. The number of hydrogen-bond donors (Lipinski definition) is 1. The van der Waals surface area contributed by atoms with Gasteiger partial charge in [0.05, 0.1) is 11.7 Å². The number of methoxy groups -OCH3 is 1. The van der Waals surface area contributed by atoms with Gasteiger partial charge in [-0.3, -0.25) is 0 Å². The standard InChI is InChI=1S/C11H16O2S/c1-13-11(4-2-5-11)10(12)7-9-3-6-14-8-9/h3,6,8,10,12H,2,4-5,7H2,1H3. The van der Waals surface area contributed by atoms with Gasteiger partial charge in [0.2, 0.25) is 0 Å². The van der Waals surface area contributed by atoms with E-state index in [4.69, 9.17) is 4.74 Å². The van der Waals surface area contributed by atoms with Crippen molar-refractivity contribution in [3.63, 3.8) is 0 Å². The second kappa shape index (κ2) is 4.01. The molecule has 78 valence electrons. The lowest BCUT2D eigenvalue weighted by molar-refractivity contribution is -0.148. The fraction of sp³-hybridized carbons (Fsp3) is 0.636. The van der Waals surface area contributed by atoms with Crippen LogP contribution in [0.2, 0.25) is 0 Å². The van der Waals surface area contributed by atoms with Crippen molar-refractivity contribution in [2.45, 2.75) is 37.4 Å². The van der Waals surface area contributed by atoms with E-state index >= 15 is 0 Å². The predicted molar refractivity (Wildman–Crippen MR) is 57.6 cm³/mol. The van der Waals surface area contributed by atoms with Crippen LogP contribution in [0.1, 0.15) is 24.8 Å². The van der Waals surface area contributed by atoms with Gasteiger partial charge >= 0.3 is 0 Å². The average molecular weight is 212 g/mol. The van der Waals surface area contributed by atoms with Crippen molar-refractivity contribution in [3.8, 4) is 0 Å². The first-order chi connectivity index (χ1) is 6.77. The summed E-state index contributed by atoms with van der Waals surface area (Å²) in [5, 5.41) is 14.2. The van der Waals surface area contributed by atoms with E-state index in [2.05, 4.69) is 11.4 Å². The summed E-state index contributed by atoms with van der Waals surface area (Å²) in [5.74, 6) is 0. The molecule has 1 fully saturated rings. The highest BCUT2D eigenvalue weighted by Crippen LogP contribution is 2.39. The van der Waals surface area contributed by atoms with Crippen LogP contribution in [0.3, 0.4) is 0 Å². The molecule has 14 heavy (non-hydrogen) atoms. The Kier molecular flexibility index (Phi) is 2.91. The van der Waals surface area contributed by atoms with Crippen molar-refractivity contribution in [2.75, 3.05) is 7.11 Å². The van der Waals surface area contributed by atoms with Crippen LogP contribution in [0.15, 0.2) is 16.8 Å². The quantitative estimate of drug-likeness (QED) is 0.829. The van der Waals surface area contributed by atoms with Crippen LogP contribution in [0, 0.1) is 0 Å². The zero-order chi connectivity index (χ0) is 10.0. The zero-order valence-electron chi connectivity index (χ0n) is 8.40. The SMILES string of the molecule is COC1(C(O)Cc2ccsc2)CCC1. The molecule has 0 radical (unpaired) electrons. The monoisotopic (exact) mass is 212 g/mol. The van der Waals surface area contributed by atoms with Crippen molar-refractivity contribution in [1.82, 2.24) is 0 Å². The normalized spacial score (nSPS) is 21.6. The van der Waals surface area contributed by atoms with Crippen LogP contribution in [-0.4, -0.2) is 23.9 Å². The maximum atomic E-state index is 10.1. The third-order valence-corrected chi connectivity index (χ3v) is 3.95. The maximum Gasteiger partial charge on any atom is 0.0939 e. The fourth-order valence-electron chi connectivity index (χ4n) is 2.02. The molecule has 1 N–H and O–H groups in total. The minimum absolute atomic E-state index is 0.248. The van der Waals surface area contributed by atoms with Gasteiger partial charge in [-0.15, -0.1) is 0 Å². The zero-order valence-corrected chi connectivity index (χ0v) is 9.22. The maximum absolute atomic E-state index is 10.1. The molecule has 2 nitrogen and oxygen atoms in total. The number of aliphatic hydroxyl groups excluding tert-OH is 1. The molecule has 0 amide bonds. The number of aliphatic hydroxyl groups is 1. The molecule has 1 unspecified atom stereocenters. The summed E-state index contributed by atoms with van der Waals surface area (Å²) >= 11 is 1.67. The Labute approximate surface area is 88.5 Å². The van der Waals surface area contributed by atoms with E-state index in [9.17, 15) is 5.11 Å². The second-order valence-corrected chi connectivity index (χ2v) is 4.75. The number of thiophene rings is 1. The van der Waals surface area contributed by atoms with Gasteiger partial charge in [0.15, 0.2) is 0 Å². The molecule has 1 aliphatic rings. The summed E-state index contributed by atoms with van der Waals surface area (Å²) < 4.78 is 5.44. The lowest BCUT2D eigenvalue weighted by atomic mass is 9.74. The van der Waals surface area contributed by atoms with Crippen LogP contribution in [0.25, 0.3) is 0 Å². The average Bonchev–Trinajstić information content (AvgIpc) is 2.55. The Morgan fingerprint density at radius 1 is 1.64 bits per heavy atom. The molecule has 1 aromatic rings. The van der Waals surface area contributed by atoms with Gasteiger partial charge in [0.25, 0.3) is 0 Å². The van der Waals surface area contributed by atoms with E-state index in [1.807, 2.05) is 5.38 Å². The molecule has 1 atom stereocenters. The largest absolute Gasteiger partial charge is 0.390 e. The summed E-state index contributed by atoms with van der Waals surface area (Å²) in [6.45, 7) is 0. The van der Waals surface area contributed by atoms with Gasteiger partial charge in [-0.1, -0.05) is 0 Å². The van der Waals surface area contributed by atoms with E-state index < -0.39 is 0 Å². The first-order valence-corrected chi connectivity index (χ1v) is 5.95. The number of ether oxygens (including phenoxy) is 1. The van der Waals surface area contributed by atoms with Crippen LogP contribution >= 0.6 is 11.3 Å². The van der Waals surface area contributed by atoms with Gasteiger partial charge in [-0.2, -0.15) is 11.3 Å². The van der Waals surface area contributed by atoms with Gasteiger partial charge in [-0.25, -0.2) is 0 Å². The molecule has 1 saturated carbocycles.